The predicted octanol–water partition coefficient (Wildman–Crippen LogP) is 3.28. The summed E-state index contributed by atoms with van der Waals surface area (Å²) < 4.78 is 16.8. The van der Waals surface area contributed by atoms with Crippen molar-refractivity contribution < 1.29 is 14.6 Å². The van der Waals surface area contributed by atoms with Crippen LogP contribution in [0.2, 0.25) is 0 Å². The molecule has 160 valence electrons. The first-order chi connectivity index (χ1) is 14.5. The molecule has 1 saturated carbocycles. The summed E-state index contributed by atoms with van der Waals surface area (Å²) in [4.78, 5) is 0. The molecule has 3 N–H and O–H groups in total. The fraction of sp³-hybridized carbons (Fsp3) is 0.455. The van der Waals surface area contributed by atoms with Gasteiger partial charge in [0.25, 0.3) is 0 Å². The minimum atomic E-state index is -1.02. The number of nitrogens with zero attached hydrogens (tertiary/aromatic N) is 4. The summed E-state index contributed by atoms with van der Waals surface area (Å²) in [5.74, 6) is 0.310. The van der Waals surface area contributed by atoms with Crippen molar-refractivity contribution in [1.29, 1.82) is 0 Å². The van der Waals surface area contributed by atoms with Gasteiger partial charge in [-0.2, -0.15) is 10.2 Å². The van der Waals surface area contributed by atoms with Crippen LogP contribution in [-0.2, 0) is 6.54 Å². The first-order valence-electron chi connectivity index (χ1n) is 10.4. The molecule has 0 spiro atoms. The van der Waals surface area contributed by atoms with Crippen LogP contribution in [0.1, 0.15) is 55.8 Å². The van der Waals surface area contributed by atoms with E-state index in [1.165, 1.54) is 25.0 Å². The fourth-order valence-corrected chi connectivity index (χ4v) is 3.99. The Bertz CT molecular complexity index is 947. The number of nitrogens with one attached hydrogen (secondary N) is 1. The van der Waals surface area contributed by atoms with Crippen molar-refractivity contribution in [2.45, 2.75) is 63.4 Å². The Morgan fingerprint density at radius 3 is 2.60 bits per heavy atom. The van der Waals surface area contributed by atoms with Gasteiger partial charge in [0.2, 0.25) is 0 Å². The third kappa shape index (κ3) is 4.71. The summed E-state index contributed by atoms with van der Waals surface area (Å²) in [6, 6.07) is 7.96. The van der Waals surface area contributed by atoms with Crippen molar-refractivity contribution in [2.75, 3.05) is 5.32 Å². The van der Waals surface area contributed by atoms with Crippen molar-refractivity contribution in [3.8, 4) is 0 Å². The zero-order valence-electron chi connectivity index (χ0n) is 17.0. The zero-order chi connectivity index (χ0) is 21.1. The van der Waals surface area contributed by atoms with Gasteiger partial charge in [0.05, 0.1) is 30.9 Å². The van der Waals surface area contributed by atoms with E-state index < -0.39 is 18.2 Å². The molecule has 4 rings (SSSR count). The molecule has 1 aliphatic carbocycles. The number of rotatable bonds is 8. The predicted molar refractivity (Wildman–Crippen MR) is 112 cm³/mol. The monoisotopic (exact) mass is 413 g/mol. The summed E-state index contributed by atoms with van der Waals surface area (Å²) in [5, 5.41) is 32.9. The van der Waals surface area contributed by atoms with Gasteiger partial charge in [-0.1, -0.05) is 25.0 Å². The van der Waals surface area contributed by atoms with Crippen molar-refractivity contribution in [3.05, 3.63) is 65.9 Å². The molecule has 0 bridgehead atoms. The minimum absolute atomic E-state index is 0.269. The van der Waals surface area contributed by atoms with E-state index in [0.717, 1.165) is 24.0 Å². The smallest absolute Gasteiger partial charge is 0.148 e. The summed E-state index contributed by atoms with van der Waals surface area (Å²) in [7, 11) is 0. The van der Waals surface area contributed by atoms with Gasteiger partial charge in [-0.15, -0.1) is 0 Å². The number of hydrogen-bond acceptors (Lipinski definition) is 5. The summed E-state index contributed by atoms with van der Waals surface area (Å²) in [5.41, 5.74) is 1.74. The van der Waals surface area contributed by atoms with E-state index in [2.05, 4.69) is 15.5 Å². The van der Waals surface area contributed by atoms with E-state index in [0.29, 0.717) is 18.4 Å². The molecule has 0 amide bonds. The number of aromatic nitrogens is 4. The number of benzene rings is 1. The first kappa shape index (κ1) is 20.6. The van der Waals surface area contributed by atoms with Crippen LogP contribution in [0, 0.1) is 5.82 Å². The highest BCUT2D eigenvalue weighted by Gasteiger charge is 2.28. The molecule has 3 atom stereocenters. The Hall–Kier alpha value is -2.71. The molecule has 1 aromatic carbocycles. The van der Waals surface area contributed by atoms with Gasteiger partial charge in [0.15, 0.2) is 0 Å². The normalized spacial score (nSPS) is 17.7. The van der Waals surface area contributed by atoms with E-state index in [9.17, 15) is 14.6 Å². The Morgan fingerprint density at radius 1 is 1.17 bits per heavy atom. The van der Waals surface area contributed by atoms with E-state index in [1.54, 1.807) is 29.9 Å². The number of anilines is 1. The van der Waals surface area contributed by atoms with Crippen LogP contribution in [-0.4, -0.2) is 42.0 Å². The molecule has 0 saturated heterocycles. The van der Waals surface area contributed by atoms with Crippen molar-refractivity contribution in [2.24, 2.45) is 0 Å². The van der Waals surface area contributed by atoms with E-state index in [-0.39, 0.29) is 5.82 Å². The molecule has 1 fully saturated rings. The molecule has 2 heterocycles. The topological polar surface area (TPSA) is 88.1 Å². The maximum atomic E-state index is 13.1. The van der Waals surface area contributed by atoms with Crippen LogP contribution < -0.4 is 5.32 Å². The third-order valence-corrected chi connectivity index (χ3v) is 5.72. The molecule has 7 nitrogen and oxygen atoms in total. The third-order valence-electron chi connectivity index (χ3n) is 5.72. The molecule has 0 radical (unpaired) electrons. The molecular formula is C22H28FN5O2. The number of aliphatic hydroxyl groups excluding tert-OH is 2. The number of hydrogen-bond donors (Lipinski definition) is 3. The molecule has 1 aliphatic rings. The lowest BCUT2D eigenvalue weighted by Crippen LogP contribution is -2.34. The molecule has 0 aliphatic heterocycles. The van der Waals surface area contributed by atoms with Crippen molar-refractivity contribution in [1.82, 2.24) is 19.6 Å². The van der Waals surface area contributed by atoms with Gasteiger partial charge < -0.3 is 15.5 Å². The Labute approximate surface area is 175 Å². The van der Waals surface area contributed by atoms with Gasteiger partial charge in [-0.3, -0.25) is 9.36 Å². The van der Waals surface area contributed by atoms with E-state index in [1.807, 2.05) is 23.1 Å². The van der Waals surface area contributed by atoms with Crippen LogP contribution in [0.5, 0.6) is 0 Å². The molecule has 0 unspecified atom stereocenters. The maximum absolute atomic E-state index is 13.1. The van der Waals surface area contributed by atoms with Gasteiger partial charge in [0, 0.05) is 24.0 Å². The first-order valence-corrected chi connectivity index (χ1v) is 10.4. The molecule has 30 heavy (non-hydrogen) atoms. The fourth-order valence-electron chi connectivity index (χ4n) is 3.99. The largest absolute Gasteiger partial charge is 0.391 e. The molecular weight excluding hydrogens is 385 g/mol. The SMILES string of the molecule is C[C@H](O)[C@@H](O)[C@H](Nc1ccn(Cc2ccc(F)cc2)n1)c1cnn(C2CCCC2)c1. The Morgan fingerprint density at radius 2 is 1.90 bits per heavy atom. The van der Waals surface area contributed by atoms with Crippen molar-refractivity contribution >= 4 is 5.82 Å². The highest BCUT2D eigenvalue weighted by Crippen LogP contribution is 2.31. The molecule has 8 heteroatoms. The summed E-state index contributed by atoms with van der Waals surface area (Å²) in [6.45, 7) is 2.07. The van der Waals surface area contributed by atoms with E-state index in [4.69, 9.17) is 0 Å². The van der Waals surface area contributed by atoms with Crippen LogP contribution in [0.15, 0.2) is 48.9 Å². The lowest BCUT2D eigenvalue weighted by Gasteiger charge is -2.25. The van der Waals surface area contributed by atoms with Gasteiger partial charge in [-0.05, 0) is 37.5 Å². The average molecular weight is 413 g/mol. The van der Waals surface area contributed by atoms with Crippen LogP contribution >= 0.6 is 0 Å². The zero-order valence-corrected chi connectivity index (χ0v) is 17.0. The van der Waals surface area contributed by atoms with Crippen LogP contribution in [0.25, 0.3) is 0 Å². The summed E-state index contributed by atoms with van der Waals surface area (Å²) in [6.07, 6.45) is 8.24. The maximum Gasteiger partial charge on any atom is 0.148 e. The van der Waals surface area contributed by atoms with Crippen LogP contribution in [0.3, 0.4) is 0 Å². The second-order valence-corrected chi connectivity index (χ2v) is 8.07. The van der Waals surface area contributed by atoms with Gasteiger partial charge >= 0.3 is 0 Å². The molecule has 2 aromatic heterocycles. The van der Waals surface area contributed by atoms with Crippen molar-refractivity contribution in [3.63, 3.8) is 0 Å². The second kappa shape index (κ2) is 8.97. The highest BCUT2D eigenvalue weighted by molar-refractivity contribution is 5.37. The minimum Gasteiger partial charge on any atom is -0.391 e. The average Bonchev–Trinajstić information content (AvgIpc) is 3.49. The van der Waals surface area contributed by atoms with Gasteiger partial charge in [0.1, 0.15) is 17.7 Å². The van der Waals surface area contributed by atoms with Gasteiger partial charge in [-0.25, -0.2) is 4.39 Å². The highest BCUT2D eigenvalue weighted by atomic mass is 19.1. The quantitative estimate of drug-likeness (QED) is 0.528. The molecule has 3 aromatic rings. The van der Waals surface area contributed by atoms with Crippen LogP contribution in [0.4, 0.5) is 10.2 Å². The number of aliphatic hydroxyl groups is 2. The number of halogens is 1. The Kier molecular flexibility index (Phi) is 6.15. The lowest BCUT2D eigenvalue weighted by atomic mass is 10.0. The standard InChI is InChI=1S/C22H28FN5O2/c1-15(29)22(30)21(17-12-24-28(14-17)19-4-2-3-5-19)25-20-10-11-27(26-20)13-16-6-8-18(23)9-7-16/h6-12,14-15,19,21-22,29-30H,2-5,13H2,1H3,(H,25,26)/t15-,21+,22+/m0/s1. The Balaban J connectivity index is 1.50. The van der Waals surface area contributed by atoms with E-state index >= 15 is 0 Å². The summed E-state index contributed by atoms with van der Waals surface area (Å²) >= 11 is 0. The second-order valence-electron chi connectivity index (χ2n) is 8.07. The lowest BCUT2D eigenvalue weighted by molar-refractivity contribution is 0.0189.